The lowest BCUT2D eigenvalue weighted by Crippen LogP contribution is -2.56. The van der Waals surface area contributed by atoms with E-state index in [-0.39, 0.29) is 35.2 Å². The maximum absolute atomic E-state index is 13.3. The van der Waals surface area contributed by atoms with Crippen molar-refractivity contribution in [1.29, 1.82) is 0 Å². The summed E-state index contributed by atoms with van der Waals surface area (Å²) in [5.74, 6) is -1.26. The van der Waals surface area contributed by atoms with Gasteiger partial charge in [0.15, 0.2) is 5.78 Å². The Morgan fingerprint density at radius 3 is 2.61 bits per heavy atom. The van der Waals surface area contributed by atoms with Crippen molar-refractivity contribution >= 4 is 17.5 Å². The van der Waals surface area contributed by atoms with E-state index in [0.717, 1.165) is 12.5 Å². The summed E-state index contributed by atoms with van der Waals surface area (Å²) in [6, 6.07) is 0. The topological polar surface area (TPSA) is 80.7 Å². The SMILES string of the molecule is C=CC(=O)O[C@@H]1C[C@@H]2C(C)(C)CC[C@@H](O)[C@@]2(C)C(=O)CC[C@@H]2C=C1C(=O)C2=C. The Balaban J connectivity index is 2.12. The summed E-state index contributed by atoms with van der Waals surface area (Å²) in [6.07, 6.45) is 3.75. The average Bonchev–Trinajstić information content (AvgIpc) is 2.93. The van der Waals surface area contributed by atoms with Gasteiger partial charge in [0.25, 0.3) is 0 Å². The average molecular weight is 386 g/mol. The number of hydrogen-bond donors (Lipinski definition) is 1. The number of allylic oxidation sites excluding steroid dienone is 2. The highest BCUT2D eigenvalue weighted by Crippen LogP contribution is 2.55. The second-order valence-corrected chi connectivity index (χ2v) is 9.29. The van der Waals surface area contributed by atoms with Crippen molar-refractivity contribution in [3.63, 3.8) is 0 Å². The molecule has 3 aliphatic rings. The van der Waals surface area contributed by atoms with Crippen molar-refractivity contribution < 1.29 is 24.2 Å². The molecule has 2 bridgehead atoms. The van der Waals surface area contributed by atoms with Crippen LogP contribution in [0.5, 0.6) is 0 Å². The highest BCUT2D eigenvalue weighted by atomic mass is 16.5. The molecule has 0 spiro atoms. The number of carbonyl (C=O) groups excluding carboxylic acids is 3. The van der Waals surface area contributed by atoms with Gasteiger partial charge in [-0.3, -0.25) is 9.59 Å². The molecule has 28 heavy (non-hydrogen) atoms. The molecule has 0 aromatic rings. The quantitative estimate of drug-likeness (QED) is 0.582. The number of hydrogen-bond acceptors (Lipinski definition) is 5. The largest absolute Gasteiger partial charge is 0.454 e. The molecule has 0 radical (unpaired) electrons. The van der Waals surface area contributed by atoms with Crippen LogP contribution in [0.15, 0.2) is 36.5 Å². The van der Waals surface area contributed by atoms with Crippen LogP contribution in [0, 0.1) is 22.7 Å². The van der Waals surface area contributed by atoms with Crippen molar-refractivity contribution in [2.24, 2.45) is 22.7 Å². The van der Waals surface area contributed by atoms with Gasteiger partial charge in [0.2, 0.25) is 0 Å². The number of fused-ring (bicyclic) bond motifs is 2. The maximum Gasteiger partial charge on any atom is 0.330 e. The Morgan fingerprint density at radius 1 is 1.29 bits per heavy atom. The van der Waals surface area contributed by atoms with Crippen LogP contribution in [0.3, 0.4) is 0 Å². The summed E-state index contributed by atoms with van der Waals surface area (Å²) in [7, 11) is 0. The van der Waals surface area contributed by atoms with E-state index in [2.05, 4.69) is 27.0 Å². The monoisotopic (exact) mass is 386 g/mol. The lowest BCUT2D eigenvalue weighted by molar-refractivity contribution is -0.160. The van der Waals surface area contributed by atoms with Crippen LogP contribution < -0.4 is 0 Å². The third kappa shape index (κ3) is 3.20. The fraction of sp³-hybridized carbons (Fsp3) is 0.609. The van der Waals surface area contributed by atoms with Crippen LogP contribution in [0.4, 0.5) is 0 Å². The molecule has 5 heteroatoms. The molecule has 0 heterocycles. The molecule has 5 nitrogen and oxygen atoms in total. The predicted molar refractivity (Wildman–Crippen MR) is 105 cm³/mol. The Labute approximate surface area is 166 Å². The van der Waals surface area contributed by atoms with Crippen molar-refractivity contribution in [3.8, 4) is 0 Å². The third-order valence-electron chi connectivity index (χ3n) is 7.31. The number of carbonyl (C=O) groups is 3. The van der Waals surface area contributed by atoms with Gasteiger partial charge in [0.05, 0.1) is 11.5 Å². The molecule has 1 N–H and O–H groups in total. The first-order valence-corrected chi connectivity index (χ1v) is 10.0. The summed E-state index contributed by atoms with van der Waals surface area (Å²) in [5, 5.41) is 10.9. The summed E-state index contributed by atoms with van der Waals surface area (Å²) in [5.41, 5.74) is -0.308. The van der Waals surface area contributed by atoms with Gasteiger partial charge in [-0.05, 0) is 49.5 Å². The van der Waals surface area contributed by atoms with E-state index in [9.17, 15) is 19.5 Å². The number of aliphatic hydroxyl groups excluding tert-OH is 1. The molecule has 0 saturated heterocycles. The number of rotatable bonds is 2. The van der Waals surface area contributed by atoms with Gasteiger partial charge >= 0.3 is 5.97 Å². The summed E-state index contributed by atoms with van der Waals surface area (Å²) in [4.78, 5) is 38.1. The van der Waals surface area contributed by atoms with E-state index in [1.165, 1.54) is 0 Å². The standard InChI is InChI=1S/C23H30O5/c1-6-20(26)28-16-12-17-22(3,4)10-9-19(25)23(17,5)18(24)8-7-14-11-15(16)21(27)13(14)2/h6,11,14,16-17,19,25H,1-2,7-10,12H2,3-5H3/t14-,16-,17-,19-,23-/m1/s1. The minimum Gasteiger partial charge on any atom is -0.454 e. The lowest BCUT2D eigenvalue weighted by Gasteiger charge is -2.53. The molecule has 0 aromatic heterocycles. The predicted octanol–water partition coefficient (Wildman–Crippen LogP) is 3.32. The van der Waals surface area contributed by atoms with E-state index in [1.807, 2.05) is 13.0 Å². The highest BCUT2D eigenvalue weighted by molar-refractivity contribution is 6.12. The second kappa shape index (κ2) is 7.11. The molecule has 1 saturated carbocycles. The van der Waals surface area contributed by atoms with Crippen molar-refractivity contribution in [3.05, 3.63) is 36.5 Å². The van der Waals surface area contributed by atoms with Gasteiger partial charge in [-0.15, -0.1) is 0 Å². The van der Waals surface area contributed by atoms with Crippen LogP contribution in [0.1, 0.15) is 52.9 Å². The number of aliphatic hydroxyl groups is 1. The number of ether oxygens (including phenoxy) is 1. The first kappa shape index (κ1) is 20.7. The zero-order valence-electron chi connectivity index (χ0n) is 17.0. The zero-order valence-corrected chi connectivity index (χ0v) is 17.0. The molecular weight excluding hydrogens is 356 g/mol. The first-order chi connectivity index (χ1) is 13.0. The van der Waals surface area contributed by atoms with Crippen LogP contribution in [0.2, 0.25) is 0 Å². The smallest absolute Gasteiger partial charge is 0.330 e. The molecular formula is C23H30O5. The fourth-order valence-electron chi connectivity index (χ4n) is 5.43. The van der Waals surface area contributed by atoms with Gasteiger partial charge < -0.3 is 9.84 Å². The maximum atomic E-state index is 13.3. The number of esters is 1. The second-order valence-electron chi connectivity index (χ2n) is 9.29. The Bertz CT molecular complexity index is 774. The van der Waals surface area contributed by atoms with Gasteiger partial charge in [0, 0.05) is 24.0 Å². The molecule has 3 rings (SSSR count). The molecule has 0 amide bonds. The normalized spacial score (nSPS) is 37.7. The Hall–Kier alpha value is -2.01. The molecule has 1 fully saturated rings. The van der Waals surface area contributed by atoms with E-state index in [0.29, 0.717) is 30.4 Å². The summed E-state index contributed by atoms with van der Waals surface area (Å²) < 4.78 is 5.60. The minimum absolute atomic E-state index is 0.00979. The highest BCUT2D eigenvalue weighted by Gasteiger charge is 2.56. The van der Waals surface area contributed by atoms with Gasteiger partial charge in [-0.2, -0.15) is 0 Å². The first-order valence-electron chi connectivity index (χ1n) is 10.0. The van der Waals surface area contributed by atoms with E-state index in [4.69, 9.17) is 4.74 Å². The lowest BCUT2D eigenvalue weighted by atomic mass is 9.52. The molecule has 5 atom stereocenters. The van der Waals surface area contributed by atoms with Crippen LogP contribution >= 0.6 is 0 Å². The Kier molecular flexibility index (Phi) is 5.26. The number of Topliss-reactive ketones (excluding diaryl/α,β-unsaturated/α-hetero) is 2. The summed E-state index contributed by atoms with van der Waals surface area (Å²) in [6.45, 7) is 13.4. The molecule has 0 aliphatic heterocycles. The third-order valence-corrected chi connectivity index (χ3v) is 7.31. The summed E-state index contributed by atoms with van der Waals surface area (Å²) >= 11 is 0. The van der Waals surface area contributed by atoms with Crippen molar-refractivity contribution in [2.45, 2.75) is 65.1 Å². The van der Waals surface area contributed by atoms with Crippen molar-refractivity contribution in [1.82, 2.24) is 0 Å². The van der Waals surface area contributed by atoms with Crippen molar-refractivity contribution in [2.75, 3.05) is 0 Å². The van der Waals surface area contributed by atoms with Crippen LogP contribution in [-0.4, -0.2) is 34.9 Å². The molecule has 3 aliphatic carbocycles. The fourth-order valence-corrected chi connectivity index (χ4v) is 5.43. The molecule has 0 unspecified atom stereocenters. The minimum atomic E-state index is -0.942. The zero-order chi connectivity index (χ0) is 20.9. The van der Waals surface area contributed by atoms with E-state index < -0.39 is 23.6 Å². The van der Waals surface area contributed by atoms with E-state index in [1.54, 1.807) is 0 Å². The van der Waals surface area contributed by atoms with Crippen LogP contribution in [0.25, 0.3) is 0 Å². The van der Waals surface area contributed by atoms with Crippen LogP contribution in [-0.2, 0) is 19.1 Å². The number of ketones is 2. The van der Waals surface area contributed by atoms with Gasteiger partial charge in [0.1, 0.15) is 11.9 Å². The van der Waals surface area contributed by atoms with E-state index >= 15 is 0 Å². The van der Waals surface area contributed by atoms with Gasteiger partial charge in [-0.25, -0.2) is 4.79 Å². The molecule has 152 valence electrons. The Morgan fingerprint density at radius 2 is 1.96 bits per heavy atom. The van der Waals surface area contributed by atoms with Gasteiger partial charge in [-0.1, -0.05) is 33.1 Å². The molecule has 0 aromatic carbocycles.